The van der Waals surface area contributed by atoms with Crippen LogP contribution in [0.4, 0.5) is 5.82 Å². The van der Waals surface area contributed by atoms with Crippen LogP contribution in [0.1, 0.15) is 30.4 Å². The van der Waals surface area contributed by atoms with Gasteiger partial charge in [-0.05, 0) is 49.1 Å². The summed E-state index contributed by atoms with van der Waals surface area (Å²) >= 11 is 0. The third-order valence-electron chi connectivity index (χ3n) is 5.40. The second-order valence-corrected chi connectivity index (χ2v) is 9.49. The van der Waals surface area contributed by atoms with Crippen LogP contribution in [0.5, 0.6) is 0 Å². The highest BCUT2D eigenvalue weighted by molar-refractivity contribution is 7.89. The summed E-state index contributed by atoms with van der Waals surface area (Å²) in [4.78, 5) is 0.356. The van der Waals surface area contributed by atoms with Crippen LogP contribution in [0.25, 0.3) is 11.3 Å². The van der Waals surface area contributed by atoms with E-state index < -0.39 is 10.0 Å². The number of hydrogen-bond acceptors (Lipinski definition) is 5. The van der Waals surface area contributed by atoms with Crippen molar-refractivity contribution in [1.82, 2.24) is 14.5 Å². The Bertz CT molecular complexity index is 1090. The van der Waals surface area contributed by atoms with Gasteiger partial charge in [0.15, 0.2) is 0 Å². The fourth-order valence-electron chi connectivity index (χ4n) is 3.65. The maximum absolute atomic E-state index is 13.1. The van der Waals surface area contributed by atoms with Crippen LogP contribution in [0.15, 0.2) is 65.6 Å². The number of aryl methyl sites for hydroxylation is 1. The minimum Gasteiger partial charge on any atom is -0.365 e. The lowest BCUT2D eigenvalue weighted by atomic mass is 10.1. The molecule has 6 nitrogen and oxygen atoms in total. The van der Waals surface area contributed by atoms with Gasteiger partial charge in [-0.3, -0.25) is 0 Å². The summed E-state index contributed by atoms with van der Waals surface area (Å²) in [6.45, 7) is 3.68. The summed E-state index contributed by atoms with van der Waals surface area (Å²) in [7, 11) is -3.50. The molecular formula is C23H26N4O2S. The molecule has 2 aromatic carbocycles. The van der Waals surface area contributed by atoms with E-state index in [0.29, 0.717) is 36.0 Å². The maximum Gasteiger partial charge on any atom is 0.243 e. The lowest BCUT2D eigenvalue weighted by Gasteiger charge is -2.26. The van der Waals surface area contributed by atoms with E-state index in [1.165, 1.54) is 0 Å². The Balaban J connectivity index is 1.53. The number of aromatic nitrogens is 2. The van der Waals surface area contributed by atoms with Crippen LogP contribution in [0.3, 0.4) is 0 Å². The van der Waals surface area contributed by atoms with Crippen LogP contribution in [0, 0.1) is 6.92 Å². The molecule has 30 heavy (non-hydrogen) atoms. The molecule has 0 aliphatic carbocycles. The molecule has 0 amide bonds. The van der Waals surface area contributed by atoms with Crippen LogP contribution in [-0.4, -0.2) is 36.0 Å². The number of rotatable bonds is 6. The number of nitrogens with one attached hydrogen (secondary N) is 1. The number of piperidine rings is 1. The van der Waals surface area contributed by atoms with E-state index in [0.717, 1.165) is 36.0 Å². The van der Waals surface area contributed by atoms with Crippen LogP contribution in [0.2, 0.25) is 0 Å². The molecule has 1 aliphatic heterocycles. The molecule has 2 heterocycles. The number of benzene rings is 2. The van der Waals surface area contributed by atoms with Crippen molar-refractivity contribution in [2.75, 3.05) is 18.4 Å². The molecule has 0 bridgehead atoms. The number of hydrogen-bond donors (Lipinski definition) is 1. The first-order valence-corrected chi connectivity index (χ1v) is 11.7. The van der Waals surface area contributed by atoms with Crippen molar-refractivity contribution in [3.05, 3.63) is 71.8 Å². The molecule has 0 radical (unpaired) electrons. The average molecular weight is 423 g/mol. The molecule has 1 fully saturated rings. The fourth-order valence-corrected chi connectivity index (χ4v) is 5.42. The minimum atomic E-state index is -3.50. The molecular weight excluding hydrogens is 396 g/mol. The summed E-state index contributed by atoms with van der Waals surface area (Å²) in [6.07, 6.45) is 2.92. The Morgan fingerprint density at radius 2 is 1.70 bits per heavy atom. The predicted molar refractivity (Wildman–Crippen MR) is 119 cm³/mol. The van der Waals surface area contributed by atoms with Crippen molar-refractivity contribution in [2.45, 2.75) is 37.6 Å². The molecule has 0 saturated carbocycles. The first-order chi connectivity index (χ1) is 14.5. The highest BCUT2D eigenvalue weighted by atomic mass is 32.2. The fraction of sp³-hybridized carbons (Fsp3) is 0.304. The molecule has 0 unspecified atom stereocenters. The molecule has 1 aliphatic rings. The second-order valence-electron chi connectivity index (χ2n) is 7.59. The smallest absolute Gasteiger partial charge is 0.243 e. The van der Waals surface area contributed by atoms with Crippen molar-refractivity contribution < 1.29 is 8.42 Å². The lowest BCUT2D eigenvalue weighted by molar-refractivity contribution is 0.346. The van der Waals surface area contributed by atoms with Crippen LogP contribution >= 0.6 is 0 Å². The van der Waals surface area contributed by atoms with E-state index in [1.807, 2.05) is 61.5 Å². The van der Waals surface area contributed by atoms with Gasteiger partial charge in [-0.15, -0.1) is 10.2 Å². The molecule has 1 saturated heterocycles. The van der Waals surface area contributed by atoms with Gasteiger partial charge in [0.25, 0.3) is 0 Å². The van der Waals surface area contributed by atoms with Gasteiger partial charge in [0, 0.05) is 25.2 Å². The SMILES string of the molecule is Cc1ccc(-c2ccc(NCc3ccccc3)nn2)cc1S(=O)(=O)N1CCCCC1. The molecule has 0 spiro atoms. The topological polar surface area (TPSA) is 75.2 Å². The third-order valence-corrected chi connectivity index (χ3v) is 7.44. The van der Waals surface area contributed by atoms with Gasteiger partial charge in [-0.1, -0.05) is 48.9 Å². The van der Waals surface area contributed by atoms with Crippen molar-refractivity contribution in [3.8, 4) is 11.3 Å². The Labute approximate surface area is 178 Å². The van der Waals surface area contributed by atoms with Crippen molar-refractivity contribution in [3.63, 3.8) is 0 Å². The second kappa shape index (κ2) is 8.93. The number of anilines is 1. The number of sulfonamides is 1. The molecule has 3 aromatic rings. The van der Waals surface area contributed by atoms with Gasteiger partial charge in [0.05, 0.1) is 10.6 Å². The van der Waals surface area contributed by atoms with Gasteiger partial charge in [0.2, 0.25) is 10.0 Å². The van der Waals surface area contributed by atoms with Crippen molar-refractivity contribution in [1.29, 1.82) is 0 Å². The summed E-state index contributed by atoms with van der Waals surface area (Å²) in [5, 5.41) is 11.8. The van der Waals surface area contributed by atoms with Gasteiger partial charge < -0.3 is 5.32 Å². The predicted octanol–water partition coefficient (Wildman–Crippen LogP) is 4.24. The van der Waals surface area contributed by atoms with E-state index in [-0.39, 0.29) is 0 Å². The van der Waals surface area contributed by atoms with E-state index in [4.69, 9.17) is 0 Å². The van der Waals surface area contributed by atoms with Gasteiger partial charge in [-0.2, -0.15) is 4.31 Å². The van der Waals surface area contributed by atoms with Crippen molar-refractivity contribution >= 4 is 15.8 Å². The van der Waals surface area contributed by atoms with Crippen molar-refractivity contribution in [2.24, 2.45) is 0 Å². The summed E-state index contributed by atoms with van der Waals surface area (Å²) < 4.78 is 27.9. The largest absolute Gasteiger partial charge is 0.365 e. The highest BCUT2D eigenvalue weighted by Gasteiger charge is 2.27. The monoisotopic (exact) mass is 422 g/mol. The molecule has 7 heteroatoms. The standard InChI is InChI=1S/C23H26N4O2S/c1-18-10-11-20(16-22(18)30(28,29)27-14-6-3-7-15-27)21-12-13-23(26-25-21)24-17-19-8-4-2-5-9-19/h2,4-5,8-13,16H,3,6-7,14-15,17H2,1H3,(H,24,26). The summed E-state index contributed by atoms with van der Waals surface area (Å²) in [5.74, 6) is 0.677. The van der Waals surface area contributed by atoms with Crippen LogP contribution in [-0.2, 0) is 16.6 Å². The van der Waals surface area contributed by atoms with E-state index in [1.54, 1.807) is 10.4 Å². The Morgan fingerprint density at radius 3 is 2.40 bits per heavy atom. The lowest BCUT2D eigenvalue weighted by Crippen LogP contribution is -2.35. The normalized spacial score (nSPS) is 15.1. The molecule has 1 aromatic heterocycles. The van der Waals surface area contributed by atoms with Crippen LogP contribution < -0.4 is 5.32 Å². The Kier molecular flexibility index (Phi) is 6.11. The highest BCUT2D eigenvalue weighted by Crippen LogP contribution is 2.28. The number of nitrogens with zero attached hydrogens (tertiary/aromatic N) is 3. The zero-order valence-corrected chi connectivity index (χ0v) is 17.9. The quantitative estimate of drug-likeness (QED) is 0.643. The third kappa shape index (κ3) is 4.52. The summed E-state index contributed by atoms with van der Waals surface area (Å²) in [6, 6.07) is 19.3. The van der Waals surface area contributed by atoms with Gasteiger partial charge in [0.1, 0.15) is 5.82 Å². The minimum absolute atomic E-state index is 0.356. The molecule has 1 N–H and O–H groups in total. The first kappa shape index (κ1) is 20.5. The maximum atomic E-state index is 13.1. The summed E-state index contributed by atoms with van der Waals surface area (Å²) in [5.41, 5.74) is 3.31. The van der Waals surface area contributed by atoms with Gasteiger partial charge >= 0.3 is 0 Å². The Morgan fingerprint density at radius 1 is 0.933 bits per heavy atom. The zero-order valence-electron chi connectivity index (χ0n) is 17.1. The van der Waals surface area contributed by atoms with E-state index >= 15 is 0 Å². The van der Waals surface area contributed by atoms with E-state index in [9.17, 15) is 8.42 Å². The van der Waals surface area contributed by atoms with Gasteiger partial charge in [-0.25, -0.2) is 8.42 Å². The average Bonchev–Trinajstić information content (AvgIpc) is 2.79. The Hall–Kier alpha value is -2.77. The molecule has 156 valence electrons. The molecule has 0 atom stereocenters. The van der Waals surface area contributed by atoms with E-state index in [2.05, 4.69) is 15.5 Å². The zero-order chi connectivity index (χ0) is 21.0. The first-order valence-electron chi connectivity index (χ1n) is 10.3. The molecule has 4 rings (SSSR count).